The predicted molar refractivity (Wildman–Crippen MR) is 60.4 cm³/mol. The second-order valence-electron chi connectivity index (χ2n) is 3.71. The molecule has 0 saturated heterocycles. The van der Waals surface area contributed by atoms with Gasteiger partial charge in [0.15, 0.2) is 0 Å². The number of pyridine rings is 1. The number of alkyl halides is 3. The first-order valence-corrected chi connectivity index (χ1v) is 5.32. The van der Waals surface area contributed by atoms with Crippen molar-refractivity contribution in [1.29, 1.82) is 5.26 Å². The van der Waals surface area contributed by atoms with Crippen molar-refractivity contribution in [3.8, 4) is 17.7 Å². The molecule has 102 valence electrons. The molecular weight excluding hydrogens is 276 g/mol. The van der Waals surface area contributed by atoms with Gasteiger partial charge in [0.1, 0.15) is 28.9 Å². The quantitative estimate of drug-likeness (QED) is 0.785. The molecule has 20 heavy (non-hydrogen) atoms. The van der Waals surface area contributed by atoms with E-state index in [1.165, 1.54) is 12.1 Å². The summed E-state index contributed by atoms with van der Waals surface area (Å²) < 4.78 is 55.4. The Morgan fingerprint density at radius 3 is 2.25 bits per heavy atom. The van der Waals surface area contributed by atoms with Crippen LogP contribution in [0.5, 0.6) is 11.6 Å². The number of hydrogen-bond donors (Lipinski definition) is 0. The molecule has 0 bridgehead atoms. The summed E-state index contributed by atoms with van der Waals surface area (Å²) in [6.07, 6.45) is -4.64. The molecule has 0 spiro atoms. The Kier molecular flexibility index (Phi) is 3.57. The first-order valence-electron chi connectivity index (χ1n) is 5.32. The Balaban J connectivity index is 2.39. The van der Waals surface area contributed by atoms with Crippen LogP contribution in [0.2, 0.25) is 0 Å². The summed E-state index contributed by atoms with van der Waals surface area (Å²) in [6, 6.07) is 7.93. The Morgan fingerprint density at radius 2 is 1.70 bits per heavy atom. The lowest BCUT2D eigenvalue weighted by Gasteiger charge is -2.10. The van der Waals surface area contributed by atoms with E-state index in [0.717, 1.165) is 18.2 Å². The summed E-state index contributed by atoms with van der Waals surface area (Å²) in [4.78, 5) is 3.27. The molecule has 0 atom stereocenters. The van der Waals surface area contributed by atoms with Gasteiger partial charge in [0, 0.05) is 0 Å². The van der Waals surface area contributed by atoms with Gasteiger partial charge in [-0.05, 0) is 36.4 Å². The maximum atomic E-state index is 12.7. The molecular formula is C13H6F4N2O. The summed E-state index contributed by atoms with van der Waals surface area (Å²) in [5.74, 6) is -0.918. The third-order valence-electron chi connectivity index (χ3n) is 2.30. The van der Waals surface area contributed by atoms with E-state index in [1.807, 2.05) is 0 Å². The SMILES string of the molecule is N#Cc1ccc(C(F)(F)F)nc1Oc1ccc(F)cc1. The fraction of sp³-hybridized carbons (Fsp3) is 0.0769. The number of nitriles is 1. The highest BCUT2D eigenvalue weighted by Gasteiger charge is 2.33. The van der Waals surface area contributed by atoms with Gasteiger partial charge in [0.05, 0.1) is 0 Å². The van der Waals surface area contributed by atoms with Gasteiger partial charge >= 0.3 is 6.18 Å². The van der Waals surface area contributed by atoms with Gasteiger partial charge in [-0.1, -0.05) is 0 Å². The minimum Gasteiger partial charge on any atom is -0.438 e. The van der Waals surface area contributed by atoms with E-state index in [-0.39, 0.29) is 11.3 Å². The van der Waals surface area contributed by atoms with E-state index >= 15 is 0 Å². The van der Waals surface area contributed by atoms with Crippen LogP contribution >= 0.6 is 0 Å². The molecule has 2 aromatic rings. The fourth-order valence-electron chi connectivity index (χ4n) is 1.38. The van der Waals surface area contributed by atoms with E-state index < -0.39 is 23.6 Å². The predicted octanol–water partition coefficient (Wildman–Crippen LogP) is 3.90. The van der Waals surface area contributed by atoms with Gasteiger partial charge in [-0.3, -0.25) is 0 Å². The van der Waals surface area contributed by atoms with Gasteiger partial charge in [-0.15, -0.1) is 0 Å². The van der Waals surface area contributed by atoms with Crippen LogP contribution in [0.4, 0.5) is 17.6 Å². The minimum atomic E-state index is -4.64. The molecule has 3 nitrogen and oxygen atoms in total. The summed E-state index contributed by atoms with van der Waals surface area (Å²) in [7, 11) is 0. The minimum absolute atomic E-state index is 0.0784. The molecule has 0 fully saturated rings. The van der Waals surface area contributed by atoms with E-state index in [9.17, 15) is 17.6 Å². The smallest absolute Gasteiger partial charge is 0.433 e. The summed E-state index contributed by atoms with van der Waals surface area (Å²) in [6.45, 7) is 0. The molecule has 0 aliphatic carbocycles. The molecule has 1 heterocycles. The number of rotatable bonds is 2. The second-order valence-corrected chi connectivity index (χ2v) is 3.71. The van der Waals surface area contributed by atoms with Crippen molar-refractivity contribution in [2.75, 3.05) is 0 Å². The molecule has 0 saturated carbocycles. The maximum Gasteiger partial charge on any atom is 0.433 e. The van der Waals surface area contributed by atoms with Crippen LogP contribution in [-0.4, -0.2) is 4.98 Å². The van der Waals surface area contributed by atoms with Crippen molar-refractivity contribution >= 4 is 0 Å². The van der Waals surface area contributed by atoms with Gasteiger partial charge in [-0.2, -0.15) is 18.4 Å². The number of nitrogens with zero attached hydrogens (tertiary/aromatic N) is 2. The van der Waals surface area contributed by atoms with Crippen LogP contribution in [0, 0.1) is 17.1 Å². The van der Waals surface area contributed by atoms with E-state index in [1.54, 1.807) is 6.07 Å². The average Bonchev–Trinajstić information content (AvgIpc) is 2.40. The van der Waals surface area contributed by atoms with Crippen LogP contribution in [0.15, 0.2) is 36.4 Å². The molecule has 2 rings (SSSR count). The molecule has 0 unspecified atom stereocenters. The lowest BCUT2D eigenvalue weighted by Crippen LogP contribution is -2.09. The molecule has 1 aromatic carbocycles. The topological polar surface area (TPSA) is 45.9 Å². The van der Waals surface area contributed by atoms with Gasteiger partial charge < -0.3 is 4.74 Å². The average molecular weight is 282 g/mol. The Morgan fingerprint density at radius 1 is 1.05 bits per heavy atom. The Labute approximate surface area is 111 Å². The lowest BCUT2D eigenvalue weighted by molar-refractivity contribution is -0.141. The first kappa shape index (κ1) is 13.8. The van der Waals surface area contributed by atoms with E-state index in [2.05, 4.69) is 4.98 Å². The molecule has 0 N–H and O–H groups in total. The third-order valence-corrected chi connectivity index (χ3v) is 2.30. The molecule has 0 aliphatic rings. The number of hydrogen-bond acceptors (Lipinski definition) is 3. The van der Waals surface area contributed by atoms with Crippen molar-refractivity contribution in [2.45, 2.75) is 6.18 Å². The van der Waals surface area contributed by atoms with Crippen molar-refractivity contribution < 1.29 is 22.3 Å². The summed E-state index contributed by atoms with van der Waals surface area (Å²) >= 11 is 0. The van der Waals surface area contributed by atoms with Crippen molar-refractivity contribution in [3.05, 3.63) is 53.5 Å². The zero-order valence-corrected chi connectivity index (χ0v) is 9.78. The highest BCUT2D eigenvalue weighted by Crippen LogP contribution is 2.31. The zero-order chi connectivity index (χ0) is 14.8. The van der Waals surface area contributed by atoms with Gasteiger partial charge in [0.25, 0.3) is 0 Å². The van der Waals surface area contributed by atoms with Crippen LogP contribution in [0.3, 0.4) is 0 Å². The second kappa shape index (κ2) is 5.17. The monoisotopic (exact) mass is 282 g/mol. The highest BCUT2D eigenvalue weighted by molar-refractivity contribution is 5.41. The lowest BCUT2D eigenvalue weighted by atomic mass is 10.2. The fourth-order valence-corrected chi connectivity index (χ4v) is 1.38. The Hall–Kier alpha value is -2.62. The van der Waals surface area contributed by atoms with Crippen molar-refractivity contribution in [3.63, 3.8) is 0 Å². The standard InChI is InChI=1S/C13H6F4N2O/c14-9-2-4-10(5-3-9)20-12-8(7-18)1-6-11(19-12)13(15,16)17/h1-6H. The summed E-state index contributed by atoms with van der Waals surface area (Å²) in [5, 5.41) is 8.82. The van der Waals surface area contributed by atoms with Gasteiger partial charge in [0.2, 0.25) is 5.88 Å². The van der Waals surface area contributed by atoms with Crippen molar-refractivity contribution in [2.24, 2.45) is 0 Å². The molecule has 7 heteroatoms. The third kappa shape index (κ3) is 3.03. The molecule has 0 aliphatic heterocycles. The number of benzene rings is 1. The van der Waals surface area contributed by atoms with Gasteiger partial charge in [-0.25, -0.2) is 9.37 Å². The molecule has 1 aromatic heterocycles. The maximum absolute atomic E-state index is 12.7. The molecule has 0 amide bonds. The highest BCUT2D eigenvalue weighted by atomic mass is 19.4. The number of aromatic nitrogens is 1. The van der Waals surface area contributed by atoms with Crippen LogP contribution in [0.25, 0.3) is 0 Å². The normalized spacial score (nSPS) is 10.9. The van der Waals surface area contributed by atoms with E-state index in [0.29, 0.717) is 6.07 Å². The number of ether oxygens (including phenoxy) is 1. The zero-order valence-electron chi connectivity index (χ0n) is 9.78. The first-order chi connectivity index (χ1) is 9.40. The van der Waals surface area contributed by atoms with Crippen LogP contribution in [-0.2, 0) is 6.18 Å². The van der Waals surface area contributed by atoms with Crippen LogP contribution in [0.1, 0.15) is 11.3 Å². The van der Waals surface area contributed by atoms with Crippen molar-refractivity contribution in [1.82, 2.24) is 4.98 Å². The Bertz CT molecular complexity index is 660. The van der Waals surface area contributed by atoms with Crippen LogP contribution < -0.4 is 4.74 Å². The number of halogens is 4. The van der Waals surface area contributed by atoms with E-state index in [4.69, 9.17) is 10.00 Å². The summed E-state index contributed by atoms with van der Waals surface area (Å²) in [5.41, 5.74) is -1.32. The largest absolute Gasteiger partial charge is 0.438 e. The molecule has 0 radical (unpaired) electrons.